The molecule has 0 aliphatic carbocycles. The molecule has 2 N–H and O–H groups in total. The van der Waals surface area contributed by atoms with Crippen LogP contribution in [0.25, 0.3) is 11.0 Å². The standard InChI is InChI=1S/C22H22FN3O5/c1-29-19-5-4-16-18(6-9-24-21(16)25-19)31-14-2-3-15(17(23)12-14)20(22(27)26-28)13-7-10-30-11-8-13/h2-6,9,12-13,20,28H,7-8,10-11H2,1H3,(H,26,27)/t20-/m1/s1. The van der Waals surface area contributed by atoms with E-state index < -0.39 is 17.6 Å². The van der Waals surface area contributed by atoms with E-state index in [1.54, 1.807) is 35.9 Å². The van der Waals surface area contributed by atoms with Crippen molar-refractivity contribution in [3.63, 3.8) is 0 Å². The van der Waals surface area contributed by atoms with Crippen LogP contribution >= 0.6 is 0 Å². The quantitative estimate of drug-likeness (QED) is 0.458. The molecule has 1 atom stereocenters. The molecule has 1 fully saturated rings. The first-order valence-electron chi connectivity index (χ1n) is 9.89. The summed E-state index contributed by atoms with van der Waals surface area (Å²) in [5, 5.41) is 9.82. The van der Waals surface area contributed by atoms with E-state index in [4.69, 9.17) is 14.2 Å². The van der Waals surface area contributed by atoms with Crippen LogP contribution in [0.3, 0.4) is 0 Å². The van der Waals surface area contributed by atoms with Crippen molar-refractivity contribution >= 4 is 16.9 Å². The summed E-state index contributed by atoms with van der Waals surface area (Å²) in [5.74, 6) is -1.03. The fourth-order valence-corrected chi connectivity index (χ4v) is 3.87. The Hall–Kier alpha value is -3.30. The van der Waals surface area contributed by atoms with Crippen LogP contribution in [0.5, 0.6) is 17.4 Å². The van der Waals surface area contributed by atoms with E-state index in [-0.39, 0.29) is 17.2 Å². The van der Waals surface area contributed by atoms with Crippen LogP contribution < -0.4 is 15.0 Å². The molecule has 1 aromatic carbocycles. The molecule has 1 amide bonds. The molecule has 0 radical (unpaired) electrons. The number of amides is 1. The van der Waals surface area contributed by atoms with Gasteiger partial charge in [-0.3, -0.25) is 10.0 Å². The lowest BCUT2D eigenvalue weighted by Crippen LogP contribution is -2.34. The molecule has 162 valence electrons. The monoisotopic (exact) mass is 427 g/mol. The number of methoxy groups -OCH3 is 1. The number of aromatic nitrogens is 2. The van der Waals surface area contributed by atoms with Crippen LogP contribution in [-0.2, 0) is 9.53 Å². The number of fused-ring (bicyclic) bond motifs is 1. The summed E-state index contributed by atoms with van der Waals surface area (Å²) in [7, 11) is 1.52. The Morgan fingerprint density at radius 3 is 2.77 bits per heavy atom. The molecule has 1 aliphatic heterocycles. The third kappa shape index (κ3) is 4.42. The highest BCUT2D eigenvalue weighted by atomic mass is 19.1. The zero-order chi connectivity index (χ0) is 21.8. The number of hydrogen-bond donors (Lipinski definition) is 2. The van der Waals surface area contributed by atoms with Crippen LogP contribution in [-0.4, -0.2) is 41.4 Å². The number of rotatable bonds is 6. The number of halogens is 1. The number of pyridine rings is 2. The van der Waals surface area contributed by atoms with E-state index in [1.165, 1.54) is 19.2 Å². The van der Waals surface area contributed by atoms with Crippen molar-refractivity contribution in [2.24, 2.45) is 5.92 Å². The smallest absolute Gasteiger partial charge is 0.251 e. The van der Waals surface area contributed by atoms with E-state index in [0.717, 1.165) is 0 Å². The van der Waals surface area contributed by atoms with Gasteiger partial charge in [0.1, 0.15) is 17.3 Å². The summed E-state index contributed by atoms with van der Waals surface area (Å²) in [6.45, 7) is 0.993. The summed E-state index contributed by atoms with van der Waals surface area (Å²) in [6, 6.07) is 9.46. The molecule has 8 nitrogen and oxygen atoms in total. The minimum absolute atomic E-state index is 0.132. The Kier molecular flexibility index (Phi) is 6.24. The van der Waals surface area contributed by atoms with Crippen molar-refractivity contribution in [2.45, 2.75) is 18.8 Å². The van der Waals surface area contributed by atoms with E-state index in [0.29, 0.717) is 48.7 Å². The summed E-state index contributed by atoms with van der Waals surface area (Å²) in [4.78, 5) is 20.8. The first kappa shape index (κ1) is 21.0. The molecule has 0 bridgehead atoms. The van der Waals surface area contributed by atoms with Crippen molar-refractivity contribution in [3.05, 3.63) is 54.0 Å². The van der Waals surface area contributed by atoms with Crippen molar-refractivity contribution in [2.75, 3.05) is 20.3 Å². The molecule has 31 heavy (non-hydrogen) atoms. The number of benzene rings is 1. The normalized spacial score (nSPS) is 15.5. The first-order chi connectivity index (χ1) is 15.1. The van der Waals surface area contributed by atoms with Crippen LogP contribution in [0.1, 0.15) is 24.3 Å². The summed E-state index contributed by atoms with van der Waals surface area (Å²) in [6.07, 6.45) is 2.76. The Bertz CT molecular complexity index is 1090. The van der Waals surface area contributed by atoms with Crippen LogP contribution in [0.2, 0.25) is 0 Å². The summed E-state index contributed by atoms with van der Waals surface area (Å²) < 4.78 is 31.4. The number of nitrogens with zero attached hydrogens (tertiary/aromatic N) is 2. The Morgan fingerprint density at radius 1 is 1.26 bits per heavy atom. The van der Waals surface area contributed by atoms with Crippen LogP contribution in [0, 0.1) is 11.7 Å². The highest BCUT2D eigenvalue weighted by Crippen LogP contribution is 2.36. The number of hydroxylamine groups is 1. The van der Waals surface area contributed by atoms with Crippen LogP contribution in [0.4, 0.5) is 4.39 Å². The Labute approximate surface area is 177 Å². The van der Waals surface area contributed by atoms with E-state index >= 15 is 4.39 Å². The maximum atomic E-state index is 15.1. The molecule has 1 saturated heterocycles. The molecule has 2 aromatic heterocycles. The molecule has 0 spiro atoms. The third-order valence-corrected chi connectivity index (χ3v) is 5.41. The van der Waals surface area contributed by atoms with Crippen molar-refractivity contribution in [1.82, 2.24) is 15.4 Å². The molecule has 4 rings (SSSR count). The molecule has 3 aromatic rings. The predicted molar refractivity (Wildman–Crippen MR) is 109 cm³/mol. The number of nitrogens with one attached hydrogen (secondary N) is 1. The van der Waals surface area contributed by atoms with Gasteiger partial charge in [-0.1, -0.05) is 6.07 Å². The van der Waals surface area contributed by atoms with Gasteiger partial charge in [0.15, 0.2) is 5.65 Å². The average Bonchev–Trinajstić information content (AvgIpc) is 2.81. The van der Waals surface area contributed by atoms with Gasteiger partial charge in [-0.05, 0) is 37.0 Å². The van der Waals surface area contributed by atoms with Gasteiger partial charge >= 0.3 is 0 Å². The topological polar surface area (TPSA) is 103 Å². The van der Waals surface area contributed by atoms with E-state index in [2.05, 4.69) is 9.97 Å². The lowest BCUT2D eigenvalue weighted by atomic mass is 9.80. The zero-order valence-electron chi connectivity index (χ0n) is 16.9. The molecular weight excluding hydrogens is 405 g/mol. The lowest BCUT2D eigenvalue weighted by Gasteiger charge is -2.29. The minimum Gasteiger partial charge on any atom is -0.481 e. The number of hydrogen-bond acceptors (Lipinski definition) is 7. The SMILES string of the molecule is COc1ccc2c(Oc3ccc([C@H](C(=O)NO)C4CCOCC4)c(F)c3)ccnc2n1. The van der Waals surface area contributed by atoms with Gasteiger partial charge in [-0.2, -0.15) is 4.98 Å². The molecule has 0 saturated carbocycles. The van der Waals surface area contributed by atoms with Gasteiger partial charge in [0.25, 0.3) is 5.91 Å². The lowest BCUT2D eigenvalue weighted by molar-refractivity contribution is -0.133. The van der Waals surface area contributed by atoms with E-state index in [1.807, 2.05) is 0 Å². The van der Waals surface area contributed by atoms with Crippen molar-refractivity contribution in [1.29, 1.82) is 0 Å². The third-order valence-electron chi connectivity index (χ3n) is 5.41. The first-order valence-corrected chi connectivity index (χ1v) is 9.89. The highest BCUT2D eigenvalue weighted by Gasteiger charge is 2.33. The van der Waals surface area contributed by atoms with Gasteiger partial charge in [0.2, 0.25) is 5.88 Å². The summed E-state index contributed by atoms with van der Waals surface area (Å²) in [5.41, 5.74) is 2.31. The predicted octanol–water partition coefficient (Wildman–Crippen LogP) is 3.59. The second-order valence-corrected chi connectivity index (χ2v) is 7.22. The van der Waals surface area contributed by atoms with E-state index in [9.17, 15) is 10.0 Å². The van der Waals surface area contributed by atoms with Crippen LogP contribution in [0.15, 0.2) is 42.6 Å². The maximum absolute atomic E-state index is 15.1. The van der Waals surface area contributed by atoms with Gasteiger partial charge in [-0.15, -0.1) is 0 Å². The maximum Gasteiger partial charge on any atom is 0.251 e. The molecule has 9 heteroatoms. The van der Waals surface area contributed by atoms with Gasteiger partial charge < -0.3 is 14.2 Å². The number of ether oxygens (including phenoxy) is 3. The summed E-state index contributed by atoms with van der Waals surface area (Å²) >= 11 is 0. The van der Waals surface area contributed by atoms with Gasteiger partial charge in [-0.25, -0.2) is 14.9 Å². The Morgan fingerprint density at radius 2 is 2.06 bits per heavy atom. The zero-order valence-corrected chi connectivity index (χ0v) is 16.9. The average molecular weight is 427 g/mol. The van der Waals surface area contributed by atoms with Gasteiger partial charge in [0, 0.05) is 37.1 Å². The number of carbonyl (C=O) groups excluding carboxylic acids is 1. The number of carbonyl (C=O) groups is 1. The molecule has 0 unspecified atom stereocenters. The minimum atomic E-state index is -0.818. The highest BCUT2D eigenvalue weighted by molar-refractivity contribution is 5.83. The van der Waals surface area contributed by atoms with Gasteiger partial charge in [0.05, 0.1) is 18.4 Å². The molecule has 3 heterocycles. The van der Waals surface area contributed by atoms with Crippen molar-refractivity contribution in [3.8, 4) is 17.4 Å². The second kappa shape index (κ2) is 9.23. The van der Waals surface area contributed by atoms with Crippen molar-refractivity contribution < 1.29 is 28.6 Å². The fourth-order valence-electron chi connectivity index (χ4n) is 3.87. The molecule has 1 aliphatic rings. The largest absolute Gasteiger partial charge is 0.481 e. The Balaban J connectivity index is 1.63. The second-order valence-electron chi connectivity index (χ2n) is 7.22. The molecular formula is C22H22FN3O5. The fraction of sp³-hybridized carbons (Fsp3) is 0.318.